The standard InChI is InChI=1S/C41H28N4O/c1-41(2)32-19-10-9-17-29(32)30-22-20-28(24-33(30)41)38-43-37(26-12-5-3-6-13-26)44-39(45-38)31-18-11-16-25-21-23-34-36(35(25)31)46-40(42-34)27-14-7-4-8-15-27/h3-24H,1-2H3. The van der Waals surface area contributed by atoms with E-state index in [4.69, 9.17) is 24.4 Å². The molecule has 0 radical (unpaired) electrons. The first kappa shape index (κ1) is 26.5. The fraction of sp³-hybridized carbons (Fsp3) is 0.0732. The van der Waals surface area contributed by atoms with Gasteiger partial charge in [-0.25, -0.2) is 19.9 Å². The predicted molar refractivity (Wildman–Crippen MR) is 184 cm³/mol. The van der Waals surface area contributed by atoms with Gasteiger partial charge in [0.25, 0.3) is 0 Å². The van der Waals surface area contributed by atoms with E-state index in [1.165, 1.54) is 22.3 Å². The van der Waals surface area contributed by atoms with E-state index in [-0.39, 0.29) is 5.41 Å². The predicted octanol–water partition coefficient (Wildman–Crippen LogP) is 10.1. The van der Waals surface area contributed by atoms with Crippen LogP contribution in [-0.2, 0) is 5.41 Å². The number of rotatable bonds is 4. The van der Waals surface area contributed by atoms with Crippen molar-refractivity contribution in [1.82, 2.24) is 19.9 Å². The molecule has 1 aliphatic rings. The van der Waals surface area contributed by atoms with Crippen molar-refractivity contribution in [2.24, 2.45) is 0 Å². The molecule has 9 rings (SSSR count). The fourth-order valence-corrected chi connectivity index (χ4v) is 6.83. The molecule has 218 valence electrons. The van der Waals surface area contributed by atoms with E-state index < -0.39 is 0 Å². The van der Waals surface area contributed by atoms with Crippen LogP contribution in [0.25, 0.3) is 78.6 Å². The lowest BCUT2D eigenvalue weighted by Gasteiger charge is -2.21. The Morgan fingerprint density at radius 2 is 1.13 bits per heavy atom. The first-order valence-corrected chi connectivity index (χ1v) is 15.5. The van der Waals surface area contributed by atoms with Crippen molar-refractivity contribution < 1.29 is 4.42 Å². The first-order chi connectivity index (χ1) is 22.5. The number of nitrogens with zero attached hydrogens (tertiary/aromatic N) is 4. The second-order valence-corrected chi connectivity index (χ2v) is 12.3. The average molecular weight is 593 g/mol. The molecule has 1 aliphatic carbocycles. The average Bonchev–Trinajstić information content (AvgIpc) is 3.65. The van der Waals surface area contributed by atoms with Crippen molar-refractivity contribution in [3.8, 4) is 56.7 Å². The van der Waals surface area contributed by atoms with Gasteiger partial charge in [0, 0.05) is 33.1 Å². The molecule has 2 heterocycles. The normalized spacial score (nSPS) is 13.2. The summed E-state index contributed by atoms with van der Waals surface area (Å²) >= 11 is 0. The summed E-state index contributed by atoms with van der Waals surface area (Å²) in [5.41, 5.74) is 10.2. The molecule has 6 aromatic carbocycles. The van der Waals surface area contributed by atoms with E-state index in [2.05, 4.69) is 74.5 Å². The summed E-state index contributed by atoms with van der Waals surface area (Å²) in [7, 11) is 0. The van der Waals surface area contributed by atoms with Crippen LogP contribution in [0.4, 0.5) is 0 Å². The largest absolute Gasteiger partial charge is 0.435 e. The topological polar surface area (TPSA) is 64.7 Å². The van der Waals surface area contributed by atoms with Crippen LogP contribution in [-0.4, -0.2) is 19.9 Å². The highest BCUT2D eigenvalue weighted by molar-refractivity contribution is 6.10. The third-order valence-corrected chi connectivity index (χ3v) is 9.17. The van der Waals surface area contributed by atoms with Gasteiger partial charge in [-0.3, -0.25) is 0 Å². The van der Waals surface area contributed by atoms with E-state index in [0.717, 1.165) is 38.5 Å². The Bertz CT molecular complexity index is 2450. The number of hydrogen-bond acceptors (Lipinski definition) is 5. The van der Waals surface area contributed by atoms with E-state index in [0.29, 0.717) is 28.9 Å². The van der Waals surface area contributed by atoms with E-state index in [1.807, 2.05) is 72.8 Å². The minimum atomic E-state index is -0.135. The molecule has 0 N–H and O–H groups in total. The Hall–Kier alpha value is -5.94. The maximum atomic E-state index is 6.48. The molecule has 2 aromatic heterocycles. The fourth-order valence-electron chi connectivity index (χ4n) is 6.83. The van der Waals surface area contributed by atoms with E-state index in [9.17, 15) is 0 Å². The van der Waals surface area contributed by atoms with Gasteiger partial charge in [-0.05, 0) is 51.9 Å². The van der Waals surface area contributed by atoms with Gasteiger partial charge in [0.05, 0.1) is 0 Å². The molecule has 0 saturated heterocycles. The van der Waals surface area contributed by atoms with Gasteiger partial charge in [0.2, 0.25) is 5.89 Å². The lowest BCUT2D eigenvalue weighted by Crippen LogP contribution is -2.15. The van der Waals surface area contributed by atoms with Crippen LogP contribution >= 0.6 is 0 Å². The highest BCUT2D eigenvalue weighted by Gasteiger charge is 2.35. The van der Waals surface area contributed by atoms with Gasteiger partial charge in [-0.2, -0.15) is 0 Å². The number of benzene rings is 6. The highest BCUT2D eigenvalue weighted by Crippen LogP contribution is 2.49. The van der Waals surface area contributed by atoms with Crippen molar-refractivity contribution in [2.45, 2.75) is 19.3 Å². The summed E-state index contributed by atoms with van der Waals surface area (Å²) in [4.78, 5) is 20.1. The van der Waals surface area contributed by atoms with Gasteiger partial charge in [0.15, 0.2) is 23.1 Å². The monoisotopic (exact) mass is 592 g/mol. The SMILES string of the molecule is CC1(C)c2ccccc2-c2ccc(-c3nc(-c4ccccc4)nc(-c4cccc5ccc6nc(-c7ccccc7)oc6c45)n3)cc21. The molecule has 46 heavy (non-hydrogen) atoms. The van der Waals surface area contributed by atoms with E-state index in [1.54, 1.807) is 0 Å². The van der Waals surface area contributed by atoms with Crippen molar-refractivity contribution in [3.63, 3.8) is 0 Å². The van der Waals surface area contributed by atoms with Crippen molar-refractivity contribution >= 4 is 21.9 Å². The lowest BCUT2D eigenvalue weighted by molar-refractivity contribution is 0.623. The molecule has 0 unspecified atom stereocenters. The van der Waals surface area contributed by atoms with Crippen LogP contribution in [0.3, 0.4) is 0 Å². The molecule has 0 amide bonds. The molecule has 5 nitrogen and oxygen atoms in total. The van der Waals surface area contributed by atoms with E-state index >= 15 is 0 Å². The van der Waals surface area contributed by atoms with Gasteiger partial charge < -0.3 is 4.42 Å². The third-order valence-electron chi connectivity index (χ3n) is 9.17. The maximum absolute atomic E-state index is 6.48. The third kappa shape index (κ3) is 4.09. The Morgan fingerprint density at radius 1 is 0.478 bits per heavy atom. The van der Waals surface area contributed by atoms with Gasteiger partial charge in [-0.15, -0.1) is 0 Å². The Balaban J connectivity index is 1.27. The molecule has 0 saturated carbocycles. The molecule has 5 heteroatoms. The Kier molecular flexibility index (Phi) is 5.78. The number of aromatic nitrogens is 4. The molecule has 0 spiro atoms. The van der Waals surface area contributed by atoms with Crippen molar-refractivity contribution in [1.29, 1.82) is 0 Å². The first-order valence-electron chi connectivity index (χ1n) is 15.5. The molecule has 0 aliphatic heterocycles. The molecular formula is C41H28N4O. The van der Waals surface area contributed by atoms with Gasteiger partial charge in [0.1, 0.15) is 5.52 Å². The number of fused-ring (bicyclic) bond motifs is 6. The van der Waals surface area contributed by atoms with Crippen molar-refractivity contribution in [2.75, 3.05) is 0 Å². The zero-order valence-electron chi connectivity index (χ0n) is 25.4. The summed E-state index contributed by atoms with van der Waals surface area (Å²) in [5, 5.41) is 1.96. The summed E-state index contributed by atoms with van der Waals surface area (Å²) in [5.74, 6) is 2.42. The van der Waals surface area contributed by atoms with Crippen LogP contribution < -0.4 is 0 Å². The lowest BCUT2D eigenvalue weighted by atomic mass is 9.82. The number of hydrogen-bond donors (Lipinski definition) is 0. The maximum Gasteiger partial charge on any atom is 0.227 e. The minimum absolute atomic E-state index is 0.135. The second-order valence-electron chi connectivity index (χ2n) is 12.3. The Morgan fingerprint density at radius 3 is 1.93 bits per heavy atom. The van der Waals surface area contributed by atoms with Crippen LogP contribution in [0.15, 0.2) is 138 Å². The summed E-state index contributed by atoms with van der Waals surface area (Å²) in [6.07, 6.45) is 0. The summed E-state index contributed by atoms with van der Waals surface area (Å²) in [6.45, 7) is 4.58. The van der Waals surface area contributed by atoms with Crippen LogP contribution in [0.2, 0.25) is 0 Å². The molecule has 0 bridgehead atoms. The highest BCUT2D eigenvalue weighted by atomic mass is 16.3. The molecule has 0 fully saturated rings. The van der Waals surface area contributed by atoms with Crippen LogP contribution in [0.5, 0.6) is 0 Å². The quantitative estimate of drug-likeness (QED) is 0.203. The molecule has 8 aromatic rings. The van der Waals surface area contributed by atoms with Crippen LogP contribution in [0, 0.1) is 0 Å². The Labute approximate surface area is 266 Å². The van der Waals surface area contributed by atoms with Gasteiger partial charge in [-0.1, -0.05) is 123 Å². The van der Waals surface area contributed by atoms with Gasteiger partial charge >= 0.3 is 0 Å². The smallest absolute Gasteiger partial charge is 0.227 e. The van der Waals surface area contributed by atoms with Crippen molar-refractivity contribution in [3.05, 3.63) is 145 Å². The second kappa shape index (κ2) is 10.0. The molecular weight excluding hydrogens is 564 g/mol. The minimum Gasteiger partial charge on any atom is -0.435 e. The zero-order valence-corrected chi connectivity index (χ0v) is 25.4. The number of oxazole rings is 1. The zero-order chi connectivity index (χ0) is 30.8. The van der Waals surface area contributed by atoms with Crippen LogP contribution in [0.1, 0.15) is 25.0 Å². The summed E-state index contributed by atoms with van der Waals surface area (Å²) < 4.78 is 6.48. The molecule has 0 atom stereocenters. The summed E-state index contributed by atoms with van der Waals surface area (Å²) in [6, 6.07) is 45.6.